The number of carboxylic acids is 1. The molecule has 0 fully saturated rings. The van der Waals surface area contributed by atoms with Crippen molar-refractivity contribution in [2.24, 2.45) is 0 Å². The Labute approximate surface area is 144 Å². The van der Waals surface area contributed by atoms with E-state index in [1.807, 2.05) is 13.0 Å². The molecule has 122 valence electrons. The molecule has 0 unspecified atom stereocenters. The molecule has 1 rings (SSSR count). The Hall–Kier alpha value is -1.31. The lowest BCUT2D eigenvalue weighted by molar-refractivity contribution is -0.136. The van der Waals surface area contributed by atoms with Gasteiger partial charge >= 0.3 is 12.1 Å². The van der Waals surface area contributed by atoms with Crippen LogP contribution in [0.25, 0.3) is 0 Å². The number of ether oxygens (including phenoxy) is 1. The number of benzene rings is 1. The Bertz CT molecular complexity index is 564. The first-order valence-electron chi connectivity index (χ1n) is 7.16. The van der Waals surface area contributed by atoms with E-state index >= 15 is 0 Å². The first-order chi connectivity index (χ1) is 10.1. The van der Waals surface area contributed by atoms with Crippen LogP contribution in [0.4, 0.5) is 10.5 Å². The summed E-state index contributed by atoms with van der Waals surface area (Å²) in [5, 5.41) is 11.7. The Balaban J connectivity index is 3.07. The first kappa shape index (κ1) is 18.7. The zero-order chi connectivity index (χ0) is 16.9. The number of anilines is 1. The summed E-state index contributed by atoms with van der Waals surface area (Å²) in [6.45, 7) is 7.40. The van der Waals surface area contributed by atoms with Crippen molar-refractivity contribution >= 4 is 40.3 Å². The van der Waals surface area contributed by atoms with Crippen molar-refractivity contribution < 1.29 is 19.4 Å². The van der Waals surface area contributed by atoms with Crippen LogP contribution >= 0.6 is 22.6 Å². The van der Waals surface area contributed by atoms with E-state index < -0.39 is 17.7 Å². The maximum Gasteiger partial charge on any atom is 0.412 e. The molecular weight excluding hydrogens is 397 g/mol. The van der Waals surface area contributed by atoms with Crippen LogP contribution in [0.3, 0.4) is 0 Å². The lowest BCUT2D eigenvalue weighted by Gasteiger charge is -2.21. The van der Waals surface area contributed by atoms with Crippen LogP contribution in [0.15, 0.2) is 12.1 Å². The van der Waals surface area contributed by atoms with Crippen molar-refractivity contribution in [1.29, 1.82) is 0 Å². The van der Waals surface area contributed by atoms with Gasteiger partial charge in [-0.2, -0.15) is 0 Å². The highest BCUT2D eigenvalue weighted by Gasteiger charge is 2.19. The second kappa shape index (κ2) is 7.80. The maximum absolute atomic E-state index is 12.0. The van der Waals surface area contributed by atoms with Gasteiger partial charge in [0.25, 0.3) is 0 Å². The largest absolute Gasteiger partial charge is 0.481 e. The second-order valence-corrected chi connectivity index (χ2v) is 7.09. The summed E-state index contributed by atoms with van der Waals surface area (Å²) < 4.78 is 6.32. The fourth-order valence-electron chi connectivity index (χ4n) is 2.09. The van der Waals surface area contributed by atoms with Crippen molar-refractivity contribution in [2.45, 2.75) is 52.6 Å². The molecule has 5 nitrogen and oxygen atoms in total. The molecule has 6 heteroatoms. The van der Waals surface area contributed by atoms with E-state index in [0.29, 0.717) is 12.1 Å². The third-order valence-corrected chi connectivity index (χ3v) is 3.96. The smallest absolute Gasteiger partial charge is 0.412 e. The van der Waals surface area contributed by atoms with Gasteiger partial charge in [0.15, 0.2) is 0 Å². The zero-order valence-corrected chi connectivity index (χ0v) is 15.5. The Morgan fingerprint density at radius 2 is 1.91 bits per heavy atom. The minimum atomic E-state index is -0.857. The highest BCUT2D eigenvalue weighted by Crippen LogP contribution is 2.27. The van der Waals surface area contributed by atoms with Gasteiger partial charge in [0, 0.05) is 15.7 Å². The number of nitrogens with one attached hydrogen (secondary N) is 1. The molecule has 0 heterocycles. The van der Waals surface area contributed by atoms with Crippen LogP contribution in [-0.2, 0) is 22.4 Å². The normalized spacial score (nSPS) is 11.1. The van der Waals surface area contributed by atoms with Crippen LogP contribution in [0, 0.1) is 3.57 Å². The highest BCUT2D eigenvalue weighted by molar-refractivity contribution is 14.1. The van der Waals surface area contributed by atoms with Gasteiger partial charge < -0.3 is 9.84 Å². The summed E-state index contributed by atoms with van der Waals surface area (Å²) in [4.78, 5) is 22.8. The predicted octanol–water partition coefficient (Wildman–Crippen LogP) is 4.22. The molecule has 0 saturated heterocycles. The van der Waals surface area contributed by atoms with E-state index in [4.69, 9.17) is 9.84 Å². The molecule has 1 aromatic rings. The first-order valence-corrected chi connectivity index (χ1v) is 8.24. The second-order valence-electron chi connectivity index (χ2n) is 5.93. The third kappa shape index (κ3) is 5.82. The molecule has 0 atom stereocenters. The van der Waals surface area contributed by atoms with Gasteiger partial charge in [0.2, 0.25) is 0 Å². The number of carboxylic acid groups (broad SMARTS) is 1. The van der Waals surface area contributed by atoms with Gasteiger partial charge in [-0.3, -0.25) is 10.1 Å². The summed E-state index contributed by atoms with van der Waals surface area (Å²) >= 11 is 2.22. The Morgan fingerprint density at radius 3 is 2.41 bits per heavy atom. The van der Waals surface area contributed by atoms with E-state index in [9.17, 15) is 9.59 Å². The number of hydrogen-bond acceptors (Lipinski definition) is 3. The number of carbonyl (C=O) groups is 2. The molecule has 0 aliphatic carbocycles. The fourth-order valence-corrected chi connectivity index (χ4v) is 2.98. The van der Waals surface area contributed by atoms with E-state index in [2.05, 4.69) is 27.9 Å². The predicted molar refractivity (Wildman–Crippen MR) is 94.4 cm³/mol. The number of carbonyl (C=O) groups excluding carboxylic acids is 1. The van der Waals surface area contributed by atoms with Crippen molar-refractivity contribution in [3.8, 4) is 0 Å². The van der Waals surface area contributed by atoms with Crippen LogP contribution in [0.5, 0.6) is 0 Å². The summed E-state index contributed by atoms with van der Waals surface area (Å²) in [7, 11) is 0. The van der Waals surface area contributed by atoms with Crippen molar-refractivity contribution in [3.05, 3.63) is 26.8 Å². The van der Waals surface area contributed by atoms with Gasteiger partial charge in [0.05, 0.1) is 0 Å². The highest BCUT2D eigenvalue weighted by atomic mass is 127. The quantitative estimate of drug-likeness (QED) is 0.701. The van der Waals surface area contributed by atoms with Gasteiger partial charge in [0.1, 0.15) is 5.60 Å². The molecule has 0 aliphatic rings. The van der Waals surface area contributed by atoms with Crippen LogP contribution in [0.2, 0.25) is 0 Å². The minimum absolute atomic E-state index is 0.0239. The van der Waals surface area contributed by atoms with E-state index in [0.717, 1.165) is 21.1 Å². The molecule has 0 aliphatic heterocycles. The van der Waals surface area contributed by atoms with E-state index in [1.165, 1.54) is 0 Å². The molecule has 2 N–H and O–H groups in total. The van der Waals surface area contributed by atoms with Crippen LogP contribution in [-0.4, -0.2) is 22.8 Å². The maximum atomic E-state index is 12.0. The van der Waals surface area contributed by atoms with E-state index in [-0.39, 0.29) is 6.42 Å². The molecule has 0 aromatic heterocycles. The number of amides is 1. The summed E-state index contributed by atoms with van der Waals surface area (Å²) in [5.74, 6) is -0.857. The lowest BCUT2D eigenvalue weighted by Crippen LogP contribution is -2.27. The van der Waals surface area contributed by atoms with Crippen LogP contribution < -0.4 is 5.32 Å². The molecule has 1 aromatic carbocycles. The standard InChI is InChI=1S/C16H22INO4/c1-5-10-11(6-9-14(19)20)13(8-7-12(10)17)18-15(21)22-16(2,3)4/h7-8H,5-6,9H2,1-4H3,(H,18,21)(H,19,20). The van der Waals surface area contributed by atoms with Crippen LogP contribution in [0.1, 0.15) is 45.2 Å². The monoisotopic (exact) mass is 419 g/mol. The summed E-state index contributed by atoms with van der Waals surface area (Å²) in [6, 6.07) is 3.71. The van der Waals surface area contributed by atoms with Crippen molar-refractivity contribution in [1.82, 2.24) is 0 Å². The average molecular weight is 419 g/mol. The van der Waals surface area contributed by atoms with Gasteiger partial charge in [-0.15, -0.1) is 0 Å². The van der Waals surface area contributed by atoms with E-state index in [1.54, 1.807) is 26.8 Å². The molecular formula is C16H22INO4. The minimum Gasteiger partial charge on any atom is -0.481 e. The van der Waals surface area contributed by atoms with Gasteiger partial charge in [-0.25, -0.2) is 4.79 Å². The number of aliphatic carboxylic acids is 1. The fraction of sp³-hybridized carbons (Fsp3) is 0.500. The molecule has 1 amide bonds. The molecule has 0 spiro atoms. The summed E-state index contributed by atoms with van der Waals surface area (Å²) in [6.07, 6.45) is 0.639. The zero-order valence-electron chi connectivity index (χ0n) is 13.3. The Kier molecular flexibility index (Phi) is 6.65. The van der Waals surface area contributed by atoms with Crippen molar-refractivity contribution in [2.75, 3.05) is 5.32 Å². The number of hydrogen-bond donors (Lipinski definition) is 2. The molecule has 0 bridgehead atoms. The topological polar surface area (TPSA) is 75.6 Å². The molecule has 0 radical (unpaired) electrons. The van der Waals surface area contributed by atoms with Gasteiger partial charge in [-0.05, 0) is 79.5 Å². The SMILES string of the molecule is CCc1c(I)ccc(NC(=O)OC(C)(C)C)c1CCC(=O)O. The molecule has 22 heavy (non-hydrogen) atoms. The Morgan fingerprint density at radius 1 is 1.27 bits per heavy atom. The third-order valence-electron chi connectivity index (χ3n) is 2.95. The molecule has 0 saturated carbocycles. The number of rotatable bonds is 5. The average Bonchev–Trinajstić information content (AvgIpc) is 2.36. The lowest BCUT2D eigenvalue weighted by atomic mass is 9.99. The van der Waals surface area contributed by atoms with Crippen molar-refractivity contribution in [3.63, 3.8) is 0 Å². The summed E-state index contributed by atoms with van der Waals surface area (Å²) in [5.41, 5.74) is 1.97. The number of halogens is 1. The van der Waals surface area contributed by atoms with Gasteiger partial charge in [-0.1, -0.05) is 6.92 Å².